The molecule has 1 heterocycles. The maximum absolute atomic E-state index is 11.3. The summed E-state index contributed by atoms with van der Waals surface area (Å²) >= 11 is 0. The Labute approximate surface area is 126 Å². The van der Waals surface area contributed by atoms with E-state index in [1.165, 1.54) is 0 Å². The summed E-state index contributed by atoms with van der Waals surface area (Å²) in [6.07, 6.45) is 4.13. The molecular formula is C15H26N4O2. The number of rotatable bonds is 10. The van der Waals surface area contributed by atoms with Gasteiger partial charge in [0.1, 0.15) is 5.82 Å². The van der Waals surface area contributed by atoms with Crippen LogP contribution in [0.4, 0.5) is 17.3 Å². The highest BCUT2D eigenvalue weighted by atomic mass is 16.6. The zero-order valence-corrected chi connectivity index (χ0v) is 13.3. The van der Waals surface area contributed by atoms with Crippen molar-refractivity contribution in [2.75, 3.05) is 29.9 Å². The molecule has 21 heavy (non-hydrogen) atoms. The average Bonchev–Trinajstić information content (AvgIpc) is 2.47. The second kappa shape index (κ2) is 9.15. The molecule has 0 saturated carbocycles. The Bertz CT molecular complexity index is 443. The van der Waals surface area contributed by atoms with Crippen LogP contribution in [0.3, 0.4) is 0 Å². The summed E-state index contributed by atoms with van der Waals surface area (Å²) in [7, 11) is 0. The minimum atomic E-state index is -0.344. The lowest BCUT2D eigenvalue weighted by Crippen LogP contribution is -2.27. The van der Waals surface area contributed by atoms with Gasteiger partial charge in [0.15, 0.2) is 0 Å². The molecule has 1 aromatic rings. The zero-order chi connectivity index (χ0) is 15.7. The number of nitrogens with one attached hydrogen (secondary N) is 1. The molecule has 0 radical (unpaired) electrons. The van der Waals surface area contributed by atoms with E-state index in [4.69, 9.17) is 0 Å². The van der Waals surface area contributed by atoms with Gasteiger partial charge in [-0.15, -0.1) is 0 Å². The van der Waals surface area contributed by atoms with Crippen molar-refractivity contribution in [1.29, 1.82) is 0 Å². The first-order chi connectivity index (χ1) is 10.1. The summed E-state index contributed by atoms with van der Waals surface area (Å²) in [5.41, 5.74) is 0.0869. The normalized spacial score (nSPS) is 10.4. The monoisotopic (exact) mass is 294 g/mol. The lowest BCUT2D eigenvalue weighted by molar-refractivity contribution is -0.384. The predicted molar refractivity (Wildman–Crippen MR) is 87.1 cm³/mol. The minimum absolute atomic E-state index is 0.0869. The molecule has 0 aliphatic carbocycles. The van der Waals surface area contributed by atoms with Crippen molar-refractivity contribution < 1.29 is 4.92 Å². The van der Waals surface area contributed by atoms with Crippen LogP contribution < -0.4 is 10.2 Å². The molecule has 0 fully saturated rings. The van der Waals surface area contributed by atoms with Gasteiger partial charge in [-0.2, -0.15) is 0 Å². The molecule has 0 unspecified atom stereocenters. The largest absolute Gasteiger partial charge is 0.370 e. The van der Waals surface area contributed by atoms with Gasteiger partial charge in [-0.1, -0.05) is 26.7 Å². The summed E-state index contributed by atoms with van der Waals surface area (Å²) in [6, 6.07) is 3.22. The van der Waals surface area contributed by atoms with Crippen molar-refractivity contribution in [3.63, 3.8) is 0 Å². The van der Waals surface area contributed by atoms with Crippen molar-refractivity contribution in [3.8, 4) is 0 Å². The molecule has 0 aliphatic heterocycles. The number of pyridine rings is 1. The molecule has 0 spiro atoms. The van der Waals surface area contributed by atoms with E-state index in [1.807, 2.05) is 11.8 Å². The van der Waals surface area contributed by atoms with Crippen LogP contribution in [0.2, 0.25) is 0 Å². The van der Waals surface area contributed by atoms with Gasteiger partial charge in [-0.05, 0) is 25.8 Å². The number of hydrogen-bond donors (Lipinski definition) is 1. The van der Waals surface area contributed by atoms with E-state index < -0.39 is 0 Å². The number of hydrogen-bond acceptors (Lipinski definition) is 5. The highest BCUT2D eigenvalue weighted by Gasteiger charge is 2.21. The summed E-state index contributed by atoms with van der Waals surface area (Å²) in [6.45, 7) is 8.58. The standard InChI is InChI=1S/C15H26N4O2/c1-4-7-11-18(12-8-5-2)15-13(19(20)21)9-10-14(17-15)16-6-3/h9-10H,4-8,11-12H2,1-3H3,(H,16,17). The first-order valence-electron chi connectivity index (χ1n) is 7.78. The Morgan fingerprint density at radius 1 is 1.19 bits per heavy atom. The smallest absolute Gasteiger partial charge is 0.311 e. The number of aromatic nitrogens is 1. The maximum atomic E-state index is 11.3. The highest BCUT2D eigenvalue weighted by Crippen LogP contribution is 2.28. The SMILES string of the molecule is CCCCN(CCCC)c1nc(NCC)ccc1[N+](=O)[O-]. The fourth-order valence-electron chi connectivity index (χ4n) is 2.12. The molecule has 1 rings (SSSR count). The van der Waals surface area contributed by atoms with E-state index in [1.54, 1.807) is 12.1 Å². The summed E-state index contributed by atoms with van der Waals surface area (Å²) in [4.78, 5) is 17.4. The van der Waals surface area contributed by atoms with Gasteiger partial charge in [0.05, 0.1) is 4.92 Å². The predicted octanol–water partition coefficient (Wildman–Crippen LogP) is 3.83. The van der Waals surface area contributed by atoms with Crippen molar-refractivity contribution in [2.24, 2.45) is 0 Å². The van der Waals surface area contributed by atoms with Gasteiger partial charge < -0.3 is 10.2 Å². The summed E-state index contributed by atoms with van der Waals surface area (Å²) < 4.78 is 0. The molecule has 1 aromatic heterocycles. The van der Waals surface area contributed by atoms with Gasteiger partial charge in [0, 0.05) is 25.7 Å². The summed E-state index contributed by atoms with van der Waals surface area (Å²) in [5.74, 6) is 1.18. The zero-order valence-electron chi connectivity index (χ0n) is 13.3. The van der Waals surface area contributed by atoms with Gasteiger partial charge >= 0.3 is 5.69 Å². The van der Waals surface area contributed by atoms with Crippen molar-refractivity contribution >= 4 is 17.3 Å². The van der Waals surface area contributed by atoms with Gasteiger partial charge in [0.25, 0.3) is 0 Å². The molecule has 0 bridgehead atoms. The molecule has 0 atom stereocenters. The molecule has 0 saturated heterocycles. The Kier molecular flexibility index (Phi) is 7.50. The van der Waals surface area contributed by atoms with E-state index in [9.17, 15) is 10.1 Å². The fraction of sp³-hybridized carbons (Fsp3) is 0.667. The molecule has 118 valence electrons. The van der Waals surface area contributed by atoms with Crippen LogP contribution in [-0.4, -0.2) is 29.5 Å². The summed E-state index contributed by atoms with van der Waals surface area (Å²) in [5, 5.41) is 14.4. The third-order valence-corrected chi connectivity index (χ3v) is 3.27. The molecule has 0 amide bonds. The van der Waals surface area contributed by atoms with Crippen LogP contribution in [0.1, 0.15) is 46.5 Å². The van der Waals surface area contributed by atoms with Crippen LogP contribution in [0.15, 0.2) is 12.1 Å². The number of anilines is 2. The minimum Gasteiger partial charge on any atom is -0.370 e. The number of nitro groups is 1. The Hall–Kier alpha value is -1.85. The Balaban J connectivity index is 3.10. The van der Waals surface area contributed by atoms with Crippen molar-refractivity contribution in [1.82, 2.24) is 4.98 Å². The van der Waals surface area contributed by atoms with Crippen LogP contribution in [-0.2, 0) is 0 Å². The van der Waals surface area contributed by atoms with Crippen molar-refractivity contribution in [3.05, 3.63) is 22.2 Å². The molecular weight excluding hydrogens is 268 g/mol. The van der Waals surface area contributed by atoms with Crippen LogP contribution in [0.25, 0.3) is 0 Å². The van der Waals surface area contributed by atoms with Crippen LogP contribution in [0, 0.1) is 10.1 Å². The molecule has 0 aliphatic rings. The van der Waals surface area contributed by atoms with Crippen LogP contribution in [0.5, 0.6) is 0 Å². The van der Waals surface area contributed by atoms with E-state index in [-0.39, 0.29) is 10.6 Å². The van der Waals surface area contributed by atoms with E-state index in [0.29, 0.717) is 11.6 Å². The number of nitrogens with zero attached hydrogens (tertiary/aromatic N) is 3. The third kappa shape index (κ3) is 5.21. The molecule has 0 aromatic carbocycles. The lowest BCUT2D eigenvalue weighted by atomic mass is 10.2. The van der Waals surface area contributed by atoms with Gasteiger partial charge in [-0.25, -0.2) is 4.98 Å². The molecule has 6 heteroatoms. The fourth-order valence-corrected chi connectivity index (χ4v) is 2.12. The topological polar surface area (TPSA) is 71.3 Å². The first kappa shape index (κ1) is 17.2. The van der Waals surface area contributed by atoms with E-state index >= 15 is 0 Å². The second-order valence-corrected chi connectivity index (χ2v) is 5.02. The number of unbranched alkanes of at least 4 members (excludes halogenated alkanes) is 2. The van der Waals surface area contributed by atoms with Gasteiger partial charge in [0.2, 0.25) is 5.82 Å². The van der Waals surface area contributed by atoms with E-state index in [2.05, 4.69) is 24.1 Å². The molecule has 6 nitrogen and oxygen atoms in total. The second-order valence-electron chi connectivity index (χ2n) is 5.02. The van der Waals surface area contributed by atoms with Crippen molar-refractivity contribution in [2.45, 2.75) is 46.5 Å². The Morgan fingerprint density at radius 2 is 1.81 bits per heavy atom. The average molecular weight is 294 g/mol. The third-order valence-electron chi connectivity index (χ3n) is 3.27. The maximum Gasteiger partial charge on any atom is 0.311 e. The Morgan fingerprint density at radius 3 is 2.29 bits per heavy atom. The quantitative estimate of drug-likeness (QED) is 0.524. The van der Waals surface area contributed by atoms with Gasteiger partial charge in [-0.3, -0.25) is 10.1 Å². The molecule has 1 N–H and O–H groups in total. The van der Waals surface area contributed by atoms with Crippen LogP contribution >= 0.6 is 0 Å². The van der Waals surface area contributed by atoms with E-state index in [0.717, 1.165) is 45.3 Å². The first-order valence-corrected chi connectivity index (χ1v) is 7.78. The lowest BCUT2D eigenvalue weighted by Gasteiger charge is -2.23. The highest BCUT2D eigenvalue weighted by molar-refractivity contribution is 5.61.